The van der Waals surface area contributed by atoms with Crippen molar-refractivity contribution < 1.29 is 9.84 Å². The standard InChI is InChI=1S/C19H19N3O3S/c1-2-12-5-8-16(21-10-12)15(20)11-25-14-6-3-13(4-7-14)9-17-18(23)22-19(24)26-17/h3-8,10,20,23H,2,9,11H2,1H3,(H,22,24). The van der Waals surface area contributed by atoms with E-state index in [0.717, 1.165) is 28.9 Å². The number of benzene rings is 1. The molecule has 26 heavy (non-hydrogen) atoms. The number of aromatic nitrogens is 2. The molecule has 3 aromatic rings. The van der Waals surface area contributed by atoms with E-state index in [1.165, 1.54) is 0 Å². The number of pyridine rings is 1. The van der Waals surface area contributed by atoms with Crippen LogP contribution in [0.4, 0.5) is 0 Å². The second-order valence-electron chi connectivity index (χ2n) is 5.78. The van der Waals surface area contributed by atoms with Gasteiger partial charge in [0.05, 0.1) is 16.3 Å². The first-order valence-corrected chi connectivity index (χ1v) is 9.02. The van der Waals surface area contributed by atoms with Crippen LogP contribution in [-0.2, 0) is 12.8 Å². The Labute approximate surface area is 154 Å². The lowest BCUT2D eigenvalue weighted by atomic mass is 10.1. The van der Waals surface area contributed by atoms with E-state index in [9.17, 15) is 9.90 Å². The highest BCUT2D eigenvalue weighted by molar-refractivity contribution is 7.09. The molecule has 0 fully saturated rings. The molecule has 0 radical (unpaired) electrons. The molecule has 134 valence electrons. The van der Waals surface area contributed by atoms with E-state index in [1.807, 2.05) is 36.4 Å². The summed E-state index contributed by atoms with van der Waals surface area (Å²) in [6, 6.07) is 11.2. The van der Waals surface area contributed by atoms with Crippen molar-refractivity contribution in [3.8, 4) is 11.6 Å². The molecule has 1 aromatic carbocycles. The van der Waals surface area contributed by atoms with Gasteiger partial charge < -0.3 is 9.84 Å². The van der Waals surface area contributed by atoms with Crippen LogP contribution in [0.1, 0.15) is 28.6 Å². The number of aromatic hydroxyl groups is 1. The molecule has 3 N–H and O–H groups in total. The zero-order chi connectivity index (χ0) is 18.5. The van der Waals surface area contributed by atoms with Gasteiger partial charge in [0.2, 0.25) is 5.88 Å². The minimum absolute atomic E-state index is 0.0737. The van der Waals surface area contributed by atoms with Gasteiger partial charge in [-0.3, -0.25) is 20.2 Å². The van der Waals surface area contributed by atoms with Crippen molar-refractivity contribution in [3.05, 3.63) is 74.0 Å². The number of aromatic amines is 1. The zero-order valence-electron chi connectivity index (χ0n) is 14.3. The summed E-state index contributed by atoms with van der Waals surface area (Å²) in [5.41, 5.74) is 3.02. The van der Waals surface area contributed by atoms with Gasteiger partial charge in [-0.05, 0) is 35.7 Å². The molecule has 2 aromatic heterocycles. The SMILES string of the molecule is CCc1ccc(C(=N)COc2ccc(Cc3sc(=O)[nH]c3O)cc2)nc1. The summed E-state index contributed by atoms with van der Waals surface area (Å²) in [6.07, 6.45) is 3.17. The first kappa shape index (κ1) is 17.9. The van der Waals surface area contributed by atoms with Crippen LogP contribution in [0.5, 0.6) is 11.6 Å². The third-order valence-corrected chi connectivity index (χ3v) is 4.79. The number of hydrogen-bond acceptors (Lipinski definition) is 6. The van der Waals surface area contributed by atoms with E-state index in [0.29, 0.717) is 28.5 Å². The summed E-state index contributed by atoms with van der Waals surface area (Å²) < 4.78 is 5.64. The molecule has 0 saturated heterocycles. The Morgan fingerprint density at radius 2 is 1.96 bits per heavy atom. The summed E-state index contributed by atoms with van der Waals surface area (Å²) in [6.45, 7) is 2.20. The van der Waals surface area contributed by atoms with Crippen LogP contribution < -0.4 is 9.61 Å². The molecule has 0 amide bonds. The molecule has 7 heteroatoms. The summed E-state index contributed by atoms with van der Waals surface area (Å²) in [5.74, 6) is 0.575. The molecule has 3 rings (SSSR count). The van der Waals surface area contributed by atoms with Crippen molar-refractivity contribution in [2.45, 2.75) is 19.8 Å². The van der Waals surface area contributed by atoms with Gasteiger partial charge in [0, 0.05) is 12.6 Å². The van der Waals surface area contributed by atoms with Crippen molar-refractivity contribution in [2.75, 3.05) is 6.61 Å². The molecule has 0 spiro atoms. The van der Waals surface area contributed by atoms with E-state index in [4.69, 9.17) is 10.1 Å². The molecule has 0 saturated carbocycles. The molecule has 0 aliphatic carbocycles. The number of aryl methyl sites for hydroxylation is 1. The minimum Gasteiger partial charge on any atom is -0.494 e. The lowest BCUT2D eigenvalue weighted by molar-refractivity contribution is 0.376. The fourth-order valence-corrected chi connectivity index (χ4v) is 3.16. The van der Waals surface area contributed by atoms with Crippen molar-refractivity contribution >= 4 is 17.0 Å². The molecule has 6 nitrogen and oxygen atoms in total. The van der Waals surface area contributed by atoms with Crippen LogP contribution in [0.2, 0.25) is 0 Å². The van der Waals surface area contributed by atoms with Crippen LogP contribution in [0.25, 0.3) is 0 Å². The first-order chi connectivity index (χ1) is 12.5. The third-order valence-electron chi connectivity index (χ3n) is 3.91. The molecule has 0 aliphatic rings. The molecular weight excluding hydrogens is 350 g/mol. The molecule has 0 atom stereocenters. The Balaban J connectivity index is 1.57. The van der Waals surface area contributed by atoms with E-state index in [2.05, 4.69) is 16.9 Å². The Hall–Kier alpha value is -2.93. The highest BCUT2D eigenvalue weighted by Crippen LogP contribution is 2.21. The van der Waals surface area contributed by atoms with Gasteiger partial charge in [-0.2, -0.15) is 0 Å². The summed E-state index contributed by atoms with van der Waals surface area (Å²) in [4.78, 5) is 18.2. The van der Waals surface area contributed by atoms with Gasteiger partial charge in [-0.15, -0.1) is 0 Å². The number of hydrogen-bond donors (Lipinski definition) is 3. The van der Waals surface area contributed by atoms with Crippen LogP contribution in [-0.4, -0.2) is 27.4 Å². The summed E-state index contributed by atoms with van der Waals surface area (Å²) in [5, 5.41) is 17.7. The van der Waals surface area contributed by atoms with Gasteiger partial charge in [-0.1, -0.05) is 36.5 Å². The average Bonchev–Trinajstić information content (AvgIpc) is 2.98. The van der Waals surface area contributed by atoms with Gasteiger partial charge >= 0.3 is 4.87 Å². The van der Waals surface area contributed by atoms with Crippen LogP contribution >= 0.6 is 11.3 Å². The maximum absolute atomic E-state index is 11.2. The Bertz CT molecular complexity index is 943. The maximum Gasteiger partial charge on any atom is 0.307 e. The Morgan fingerprint density at radius 1 is 1.23 bits per heavy atom. The quantitative estimate of drug-likeness (QED) is 0.557. The maximum atomic E-state index is 11.2. The van der Waals surface area contributed by atoms with E-state index in [-0.39, 0.29) is 17.4 Å². The van der Waals surface area contributed by atoms with Gasteiger partial charge in [0.15, 0.2) is 0 Å². The largest absolute Gasteiger partial charge is 0.494 e. The Morgan fingerprint density at radius 3 is 2.54 bits per heavy atom. The smallest absolute Gasteiger partial charge is 0.307 e. The second kappa shape index (κ2) is 7.97. The predicted octanol–water partition coefficient (Wildman–Crippen LogP) is 3.14. The zero-order valence-corrected chi connectivity index (χ0v) is 15.1. The average molecular weight is 369 g/mol. The number of rotatable bonds is 7. The van der Waals surface area contributed by atoms with Crippen molar-refractivity contribution in [1.29, 1.82) is 5.41 Å². The Kier molecular flexibility index (Phi) is 5.48. The van der Waals surface area contributed by atoms with Crippen molar-refractivity contribution in [1.82, 2.24) is 9.97 Å². The lowest BCUT2D eigenvalue weighted by Crippen LogP contribution is -2.13. The van der Waals surface area contributed by atoms with E-state index < -0.39 is 0 Å². The van der Waals surface area contributed by atoms with Gasteiger partial charge in [-0.25, -0.2) is 0 Å². The minimum atomic E-state index is -0.267. The van der Waals surface area contributed by atoms with Gasteiger partial charge in [0.1, 0.15) is 12.4 Å². The number of nitrogens with zero attached hydrogens (tertiary/aromatic N) is 1. The monoisotopic (exact) mass is 369 g/mol. The van der Waals surface area contributed by atoms with Crippen LogP contribution in [0.3, 0.4) is 0 Å². The molecular formula is C19H19N3O3S. The predicted molar refractivity (Wildman–Crippen MR) is 102 cm³/mol. The molecule has 0 unspecified atom stereocenters. The van der Waals surface area contributed by atoms with Gasteiger partial charge in [0.25, 0.3) is 0 Å². The summed E-state index contributed by atoms with van der Waals surface area (Å²) >= 11 is 1.00. The summed E-state index contributed by atoms with van der Waals surface area (Å²) in [7, 11) is 0. The van der Waals surface area contributed by atoms with Crippen LogP contribution in [0.15, 0.2) is 47.4 Å². The van der Waals surface area contributed by atoms with Crippen LogP contribution in [0, 0.1) is 5.41 Å². The highest BCUT2D eigenvalue weighted by atomic mass is 32.1. The molecule has 0 aliphatic heterocycles. The van der Waals surface area contributed by atoms with E-state index >= 15 is 0 Å². The van der Waals surface area contributed by atoms with Crippen molar-refractivity contribution in [3.63, 3.8) is 0 Å². The van der Waals surface area contributed by atoms with E-state index in [1.54, 1.807) is 6.20 Å². The topological polar surface area (TPSA) is 99.1 Å². The normalized spacial score (nSPS) is 10.7. The first-order valence-electron chi connectivity index (χ1n) is 8.20. The third kappa shape index (κ3) is 4.37. The highest BCUT2D eigenvalue weighted by Gasteiger charge is 2.08. The number of ether oxygens (including phenoxy) is 1. The fourth-order valence-electron chi connectivity index (χ4n) is 2.40. The number of thiazole rings is 1. The second-order valence-corrected chi connectivity index (χ2v) is 6.85. The molecule has 2 heterocycles. The van der Waals surface area contributed by atoms with Crippen molar-refractivity contribution in [2.24, 2.45) is 0 Å². The number of nitrogens with one attached hydrogen (secondary N) is 2. The number of H-pyrrole nitrogens is 1. The molecule has 0 bridgehead atoms. The fraction of sp³-hybridized carbons (Fsp3) is 0.211. The lowest BCUT2D eigenvalue weighted by Gasteiger charge is -2.08.